The summed E-state index contributed by atoms with van der Waals surface area (Å²) in [6.45, 7) is 3.80. The number of ether oxygens (including phenoxy) is 1. The summed E-state index contributed by atoms with van der Waals surface area (Å²) in [5, 5.41) is 23.4. The number of aryl methyl sites for hydroxylation is 1. The first kappa shape index (κ1) is 27.3. The molecule has 4 aromatic rings. The van der Waals surface area contributed by atoms with E-state index in [0.29, 0.717) is 39.4 Å². The summed E-state index contributed by atoms with van der Waals surface area (Å²) in [5.74, 6) is -0.740. The molecule has 4 rings (SSSR count). The Morgan fingerprint density at radius 3 is 2.47 bits per heavy atom. The number of amides is 1. The number of fused-ring (bicyclic) bond motifs is 1. The zero-order chi connectivity index (χ0) is 27.6. The van der Waals surface area contributed by atoms with Gasteiger partial charge in [-0.1, -0.05) is 47.5 Å². The number of nitrogens with zero attached hydrogens (tertiary/aromatic N) is 2. The summed E-state index contributed by atoms with van der Waals surface area (Å²) in [5.41, 5.74) is 0.496. The van der Waals surface area contributed by atoms with E-state index in [0.717, 1.165) is 6.07 Å². The topological polar surface area (TPSA) is 138 Å². The summed E-state index contributed by atoms with van der Waals surface area (Å²) in [6.07, 6.45) is 0. The first-order chi connectivity index (χ1) is 18.0. The van der Waals surface area contributed by atoms with Crippen molar-refractivity contribution in [3.63, 3.8) is 0 Å². The number of nitrogens with one attached hydrogen (secondary N) is 1. The van der Waals surface area contributed by atoms with Crippen LogP contribution in [0.15, 0.2) is 75.8 Å². The molecule has 12 heteroatoms. The van der Waals surface area contributed by atoms with Gasteiger partial charge in [0.05, 0.1) is 17.2 Å². The van der Waals surface area contributed by atoms with E-state index in [4.69, 9.17) is 27.9 Å². The van der Waals surface area contributed by atoms with E-state index >= 15 is 0 Å². The lowest BCUT2D eigenvalue weighted by Crippen LogP contribution is -2.12. The lowest BCUT2D eigenvalue weighted by molar-refractivity contribution is 0.102. The van der Waals surface area contributed by atoms with Crippen molar-refractivity contribution in [2.24, 2.45) is 10.2 Å². The van der Waals surface area contributed by atoms with Crippen molar-refractivity contribution in [3.05, 3.63) is 81.8 Å². The van der Waals surface area contributed by atoms with Crippen LogP contribution in [0.2, 0.25) is 10.0 Å². The van der Waals surface area contributed by atoms with E-state index in [1.165, 1.54) is 12.1 Å². The lowest BCUT2D eigenvalue weighted by Gasteiger charge is -2.13. The molecule has 0 aliphatic carbocycles. The molecule has 3 N–H and O–H groups in total. The van der Waals surface area contributed by atoms with Gasteiger partial charge in [-0.3, -0.25) is 9.35 Å². The van der Waals surface area contributed by atoms with Gasteiger partial charge in [0, 0.05) is 22.2 Å². The highest BCUT2D eigenvalue weighted by Crippen LogP contribution is 2.41. The van der Waals surface area contributed by atoms with E-state index in [1.54, 1.807) is 56.3 Å². The molecule has 0 heterocycles. The number of anilines is 1. The molecular weight excluding hydrogens is 553 g/mol. The average molecular weight is 574 g/mol. The largest absolute Gasteiger partial charge is 0.505 e. The molecule has 9 nitrogen and oxygen atoms in total. The Bertz CT molecular complexity index is 1710. The van der Waals surface area contributed by atoms with Crippen molar-refractivity contribution < 1.29 is 27.6 Å². The maximum absolute atomic E-state index is 13.2. The number of phenolic OH excluding ortho intramolecular Hbond substituents is 1. The number of hydrogen-bond acceptors (Lipinski definition) is 7. The molecule has 196 valence electrons. The highest BCUT2D eigenvalue weighted by Gasteiger charge is 2.21. The van der Waals surface area contributed by atoms with Crippen LogP contribution in [0.3, 0.4) is 0 Å². The molecular formula is C26H21Cl2N3O6S. The first-order valence-corrected chi connectivity index (χ1v) is 13.4. The second kappa shape index (κ2) is 11.0. The molecule has 4 aromatic carbocycles. The van der Waals surface area contributed by atoms with Crippen molar-refractivity contribution >= 4 is 67.1 Å². The normalized spacial score (nSPS) is 11.7. The van der Waals surface area contributed by atoms with E-state index < -0.39 is 26.7 Å². The predicted molar refractivity (Wildman–Crippen MR) is 146 cm³/mol. The highest BCUT2D eigenvalue weighted by atomic mass is 35.5. The SMILES string of the molecule is CCOc1cc(NC(=O)c2cc3ccccc3c(N=Nc3cc(C)c(Cl)cc3S(=O)(=O)O)c2O)ccc1Cl. The predicted octanol–water partition coefficient (Wildman–Crippen LogP) is 7.47. The number of carbonyl (C=O) groups is 1. The Morgan fingerprint density at radius 2 is 1.76 bits per heavy atom. The minimum absolute atomic E-state index is 0.0757. The van der Waals surface area contributed by atoms with Gasteiger partial charge in [-0.25, -0.2) is 0 Å². The highest BCUT2D eigenvalue weighted by molar-refractivity contribution is 7.86. The minimum atomic E-state index is -4.68. The molecule has 1 amide bonds. The number of halogens is 2. The summed E-state index contributed by atoms with van der Waals surface area (Å²) in [6, 6.07) is 15.4. The molecule has 0 unspecified atom stereocenters. The van der Waals surface area contributed by atoms with Crippen LogP contribution in [0.4, 0.5) is 17.1 Å². The smallest absolute Gasteiger partial charge is 0.296 e. The Balaban J connectivity index is 1.80. The maximum Gasteiger partial charge on any atom is 0.296 e. The van der Waals surface area contributed by atoms with Crippen molar-refractivity contribution in [1.29, 1.82) is 0 Å². The third-order valence-corrected chi connectivity index (χ3v) is 7.11. The van der Waals surface area contributed by atoms with Gasteiger partial charge in [0.25, 0.3) is 16.0 Å². The Morgan fingerprint density at radius 1 is 1.03 bits per heavy atom. The van der Waals surface area contributed by atoms with E-state index in [2.05, 4.69) is 15.5 Å². The second-order valence-electron chi connectivity index (χ2n) is 8.12. The Kier molecular flexibility index (Phi) is 7.89. The van der Waals surface area contributed by atoms with Crippen LogP contribution in [-0.4, -0.2) is 30.6 Å². The molecule has 0 saturated carbocycles. The number of azo groups is 1. The molecule has 0 atom stereocenters. The van der Waals surface area contributed by atoms with Gasteiger partial charge in [-0.15, -0.1) is 10.2 Å². The van der Waals surface area contributed by atoms with Crippen LogP contribution in [0, 0.1) is 6.92 Å². The maximum atomic E-state index is 13.2. The Hall–Kier alpha value is -3.70. The van der Waals surface area contributed by atoms with Gasteiger partial charge in [0.2, 0.25) is 0 Å². The van der Waals surface area contributed by atoms with Crippen LogP contribution in [0.1, 0.15) is 22.8 Å². The molecule has 0 fully saturated rings. The van der Waals surface area contributed by atoms with Crippen molar-refractivity contribution in [3.8, 4) is 11.5 Å². The molecule has 0 bridgehead atoms. The zero-order valence-electron chi connectivity index (χ0n) is 20.1. The number of hydrogen-bond donors (Lipinski definition) is 3. The zero-order valence-corrected chi connectivity index (χ0v) is 22.4. The number of aromatic hydroxyl groups is 1. The van der Waals surface area contributed by atoms with Gasteiger partial charge < -0.3 is 15.2 Å². The van der Waals surface area contributed by atoms with E-state index in [9.17, 15) is 22.9 Å². The van der Waals surface area contributed by atoms with Gasteiger partial charge in [-0.2, -0.15) is 8.42 Å². The summed E-state index contributed by atoms with van der Waals surface area (Å²) in [4.78, 5) is 12.6. The lowest BCUT2D eigenvalue weighted by atomic mass is 10.0. The standard InChI is InChI=1S/C26H21Cl2N3O6S/c1-3-37-22-12-16(8-9-19(22)27)29-26(33)18-11-15-6-4-5-7-17(15)24(25(18)32)31-30-21-10-14(2)20(28)13-23(21)38(34,35)36/h4-13,32H,3H2,1-2H3,(H,29,33)(H,34,35,36). The van der Waals surface area contributed by atoms with Crippen molar-refractivity contribution in [2.45, 2.75) is 18.7 Å². The number of rotatable bonds is 7. The fourth-order valence-electron chi connectivity index (χ4n) is 3.67. The molecule has 0 radical (unpaired) electrons. The minimum Gasteiger partial charge on any atom is -0.505 e. The van der Waals surface area contributed by atoms with E-state index in [-0.39, 0.29) is 22.0 Å². The van der Waals surface area contributed by atoms with Crippen molar-refractivity contribution in [2.75, 3.05) is 11.9 Å². The molecule has 0 spiro atoms. The quantitative estimate of drug-likeness (QED) is 0.155. The molecule has 38 heavy (non-hydrogen) atoms. The first-order valence-electron chi connectivity index (χ1n) is 11.2. The number of benzene rings is 4. The summed E-state index contributed by atoms with van der Waals surface area (Å²) >= 11 is 12.1. The number of carbonyl (C=O) groups excluding carboxylic acids is 1. The monoisotopic (exact) mass is 573 g/mol. The van der Waals surface area contributed by atoms with Crippen molar-refractivity contribution in [1.82, 2.24) is 0 Å². The average Bonchev–Trinajstić information content (AvgIpc) is 2.86. The number of phenols is 1. The fourth-order valence-corrected chi connectivity index (χ4v) is 4.71. The Labute approximate surface area is 228 Å². The van der Waals surface area contributed by atoms with Crippen LogP contribution in [-0.2, 0) is 10.1 Å². The van der Waals surface area contributed by atoms with E-state index in [1.807, 2.05) is 0 Å². The molecule has 0 aliphatic heterocycles. The van der Waals surface area contributed by atoms with Crippen LogP contribution < -0.4 is 10.1 Å². The van der Waals surface area contributed by atoms with Crippen LogP contribution in [0.5, 0.6) is 11.5 Å². The molecule has 0 aliphatic rings. The second-order valence-corrected chi connectivity index (χ2v) is 10.3. The summed E-state index contributed by atoms with van der Waals surface area (Å²) < 4.78 is 38.9. The third-order valence-electron chi connectivity index (χ3n) is 5.50. The van der Waals surface area contributed by atoms with Crippen LogP contribution >= 0.6 is 23.2 Å². The van der Waals surface area contributed by atoms with Gasteiger partial charge in [-0.05, 0) is 55.1 Å². The molecule has 0 aromatic heterocycles. The van der Waals surface area contributed by atoms with Gasteiger partial charge in [0.15, 0.2) is 5.75 Å². The van der Waals surface area contributed by atoms with Gasteiger partial charge >= 0.3 is 0 Å². The molecule has 0 saturated heterocycles. The third kappa shape index (κ3) is 5.73. The van der Waals surface area contributed by atoms with Gasteiger partial charge in [0.1, 0.15) is 22.0 Å². The van der Waals surface area contributed by atoms with Crippen LogP contribution in [0.25, 0.3) is 10.8 Å². The summed E-state index contributed by atoms with van der Waals surface area (Å²) in [7, 11) is -4.68. The fraction of sp³-hybridized carbons (Fsp3) is 0.115.